The van der Waals surface area contributed by atoms with Gasteiger partial charge in [0.05, 0.1) is 12.2 Å². The number of aromatic nitrogens is 1. The monoisotopic (exact) mass is 278 g/mol. The molecule has 0 unspecified atom stereocenters. The summed E-state index contributed by atoms with van der Waals surface area (Å²) in [4.78, 5) is 18.0. The topological polar surface area (TPSA) is 66.5 Å². The summed E-state index contributed by atoms with van der Waals surface area (Å²) in [7, 11) is 0. The fourth-order valence-electron chi connectivity index (χ4n) is 2.39. The van der Waals surface area contributed by atoms with Gasteiger partial charge in [0.15, 0.2) is 0 Å². The van der Waals surface area contributed by atoms with E-state index >= 15 is 0 Å². The van der Waals surface area contributed by atoms with Crippen LogP contribution in [0, 0.1) is 0 Å². The Bertz CT molecular complexity index is 416. The molecule has 1 aliphatic rings. The largest absolute Gasteiger partial charge is 0.373 e. The third-order valence-corrected chi connectivity index (χ3v) is 3.12. The molecular formula is C14H22N4O2. The number of morpholine rings is 1. The van der Waals surface area contributed by atoms with E-state index in [1.165, 1.54) is 0 Å². The van der Waals surface area contributed by atoms with Crippen LogP contribution >= 0.6 is 0 Å². The summed E-state index contributed by atoms with van der Waals surface area (Å²) in [6, 6.07) is 5.17. The highest BCUT2D eigenvalue weighted by Crippen LogP contribution is 2.09. The molecule has 0 aliphatic carbocycles. The molecule has 1 aliphatic heterocycles. The second-order valence-corrected chi connectivity index (χ2v) is 5.11. The van der Waals surface area contributed by atoms with Gasteiger partial charge in [0, 0.05) is 32.4 Å². The van der Waals surface area contributed by atoms with Crippen molar-refractivity contribution >= 4 is 11.8 Å². The molecule has 2 heterocycles. The van der Waals surface area contributed by atoms with Gasteiger partial charge in [-0.2, -0.15) is 0 Å². The van der Waals surface area contributed by atoms with Crippen LogP contribution in [0.3, 0.4) is 0 Å². The molecule has 6 heteroatoms. The number of anilines is 1. The molecule has 2 N–H and O–H groups in total. The van der Waals surface area contributed by atoms with Crippen molar-refractivity contribution in [3.8, 4) is 0 Å². The quantitative estimate of drug-likeness (QED) is 0.871. The predicted molar refractivity (Wildman–Crippen MR) is 77.7 cm³/mol. The summed E-state index contributed by atoms with van der Waals surface area (Å²) >= 11 is 0. The van der Waals surface area contributed by atoms with Crippen LogP contribution in [0.25, 0.3) is 0 Å². The molecule has 0 saturated carbocycles. The van der Waals surface area contributed by atoms with Crippen molar-refractivity contribution in [1.29, 1.82) is 0 Å². The van der Waals surface area contributed by atoms with Crippen LogP contribution in [0.2, 0.25) is 0 Å². The number of nitrogens with one attached hydrogen (secondary N) is 2. The molecule has 0 bridgehead atoms. The summed E-state index contributed by atoms with van der Waals surface area (Å²) in [6.45, 7) is 7.40. The maximum atomic E-state index is 11.7. The van der Waals surface area contributed by atoms with E-state index in [2.05, 4.69) is 34.4 Å². The Labute approximate surface area is 119 Å². The van der Waals surface area contributed by atoms with Crippen LogP contribution in [0.4, 0.5) is 10.6 Å². The van der Waals surface area contributed by atoms with E-state index in [-0.39, 0.29) is 18.2 Å². The van der Waals surface area contributed by atoms with Crippen LogP contribution in [0.1, 0.15) is 13.8 Å². The van der Waals surface area contributed by atoms with Gasteiger partial charge >= 0.3 is 6.03 Å². The second-order valence-electron chi connectivity index (χ2n) is 5.11. The average Bonchev–Trinajstić information content (AvgIpc) is 2.38. The molecule has 110 valence electrons. The molecule has 0 radical (unpaired) electrons. The van der Waals surface area contributed by atoms with Crippen LogP contribution in [0.15, 0.2) is 24.4 Å². The lowest BCUT2D eigenvalue weighted by atomic mass is 10.2. The van der Waals surface area contributed by atoms with Crippen molar-refractivity contribution in [1.82, 2.24) is 15.2 Å². The highest BCUT2D eigenvalue weighted by molar-refractivity contribution is 5.88. The van der Waals surface area contributed by atoms with Gasteiger partial charge in [0.2, 0.25) is 0 Å². The van der Waals surface area contributed by atoms with Crippen molar-refractivity contribution in [2.24, 2.45) is 0 Å². The lowest BCUT2D eigenvalue weighted by molar-refractivity contribution is -0.0672. The van der Waals surface area contributed by atoms with Crippen LogP contribution in [-0.2, 0) is 4.74 Å². The fraction of sp³-hybridized carbons (Fsp3) is 0.571. The summed E-state index contributed by atoms with van der Waals surface area (Å²) in [5, 5.41) is 5.53. The fourth-order valence-corrected chi connectivity index (χ4v) is 2.39. The maximum Gasteiger partial charge on any atom is 0.320 e. The SMILES string of the molecule is C[C@H]1CN(CCNC(=O)Nc2ccccn2)C[C@H](C)O1. The standard InChI is InChI=1S/C14H22N4O2/c1-11-9-18(10-12(2)20-11)8-7-16-14(19)17-13-5-3-4-6-15-13/h3-6,11-12H,7-10H2,1-2H3,(H2,15,16,17,19)/t11-,12-/m0/s1. The zero-order valence-corrected chi connectivity index (χ0v) is 12.0. The molecule has 1 aromatic heterocycles. The normalized spacial score (nSPS) is 23.3. The van der Waals surface area contributed by atoms with Gasteiger partial charge in [0.1, 0.15) is 5.82 Å². The van der Waals surface area contributed by atoms with E-state index in [0.717, 1.165) is 19.6 Å². The van der Waals surface area contributed by atoms with Gasteiger partial charge in [-0.25, -0.2) is 9.78 Å². The van der Waals surface area contributed by atoms with Gasteiger partial charge in [-0.3, -0.25) is 10.2 Å². The average molecular weight is 278 g/mol. The highest BCUT2D eigenvalue weighted by Gasteiger charge is 2.21. The van der Waals surface area contributed by atoms with Crippen molar-refractivity contribution in [3.63, 3.8) is 0 Å². The number of nitrogens with zero attached hydrogens (tertiary/aromatic N) is 2. The third-order valence-electron chi connectivity index (χ3n) is 3.12. The first-order valence-corrected chi connectivity index (χ1v) is 6.97. The first-order valence-electron chi connectivity index (χ1n) is 6.97. The molecule has 6 nitrogen and oxygen atoms in total. The molecule has 1 saturated heterocycles. The van der Waals surface area contributed by atoms with Crippen LogP contribution < -0.4 is 10.6 Å². The van der Waals surface area contributed by atoms with E-state index in [9.17, 15) is 4.79 Å². The molecule has 20 heavy (non-hydrogen) atoms. The number of rotatable bonds is 4. The van der Waals surface area contributed by atoms with Crippen LogP contribution in [0.5, 0.6) is 0 Å². The summed E-state index contributed by atoms with van der Waals surface area (Å²) < 4.78 is 5.67. The number of carbonyl (C=O) groups excluding carboxylic acids is 1. The number of amides is 2. The predicted octanol–water partition coefficient (Wildman–Crippen LogP) is 1.31. The van der Waals surface area contributed by atoms with E-state index in [1.807, 2.05) is 12.1 Å². The third kappa shape index (κ3) is 4.79. The van der Waals surface area contributed by atoms with Crippen molar-refractivity contribution in [2.75, 3.05) is 31.5 Å². The van der Waals surface area contributed by atoms with Gasteiger partial charge < -0.3 is 10.1 Å². The Hall–Kier alpha value is -1.66. The Kier molecular flexibility index (Phi) is 5.31. The molecular weight excluding hydrogens is 256 g/mol. The minimum Gasteiger partial charge on any atom is -0.373 e. The molecule has 1 aromatic rings. The molecule has 1 fully saturated rings. The van der Waals surface area contributed by atoms with E-state index < -0.39 is 0 Å². The Morgan fingerprint density at radius 2 is 2.15 bits per heavy atom. The molecule has 2 rings (SSSR count). The van der Waals surface area contributed by atoms with E-state index in [0.29, 0.717) is 12.4 Å². The van der Waals surface area contributed by atoms with Gasteiger partial charge in [0.25, 0.3) is 0 Å². The second kappa shape index (κ2) is 7.21. The van der Waals surface area contributed by atoms with E-state index in [1.54, 1.807) is 12.3 Å². The van der Waals surface area contributed by atoms with Crippen molar-refractivity contribution in [3.05, 3.63) is 24.4 Å². The number of hydrogen-bond donors (Lipinski definition) is 2. The highest BCUT2D eigenvalue weighted by atomic mass is 16.5. The zero-order chi connectivity index (χ0) is 14.4. The lowest BCUT2D eigenvalue weighted by Gasteiger charge is -2.35. The Morgan fingerprint density at radius 3 is 2.80 bits per heavy atom. The first kappa shape index (κ1) is 14.7. The van der Waals surface area contributed by atoms with Gasteiger partial charge in [-0.05, 0) is 26.0 Å². The smallest absolute Gasteiger partial charge is 0.320 e. The molecule has 2 amide bonds. The zero-order valence-electron chi connectivity index (χ0n) is 12.0. The summed E-state index contributed by atoms with van der Waals surface area (Å²) in [5.41, 5.74) is 0. The molecule has 0 spiro atoms. The molecule has 2 atom stereocenters. The minimum atomic E-state index is -0.224. The number of hydrogen-bond acceptors (Lipinski definition) is 4. The van der Waals surface area contributed by atoms with Crippen LogP contribution in [-0.4, -0.2) is 54.3 Å². The Morgan fingerprint density at radius 1 is 1.40 bits per heavy atom. The number of carbonyl (C=O) groups is 1. The number of urea groups is 1. The first-order chi connectivity index (χ1) is 9.63. The van der Waals surface area contributed by atoms with E-state index in [4.69, 9.17) is 4.74 Å². The van der Waals surface area contributed by atoms with Gasteiger partial charge in [-0.1, -0.05) is 6.07 Å². The minimum absolute atomic E-state index is 0.224. The Balaban J connectivity index is 1.66. The van der Waals surface area contributed by atoms with Crippen molar-refractivity contribution in [2.45, 2.75) is 26.1 Å². The number of pyridine rings is 1. The summed E-state index contributed by atoms with van der Waals surface area (Å²) in [6.07, 6.45) is 2.15. The molecule has 0 aromatic carbocycles. The number of ether oxygens (including phenoxy) is 1. The van der Waals surface area contributed by atoms with Crippen molar-refractivity contribution < 1.29 is 9.53 Å². The lowest BCUT2D eigenvalue weighted by Crippen LogP contribution is -2.48. The summed E-state index contributed by atoms with van der Waals surface area (Å²) in [5.74, 6) is 0.554. The van der Waals surface area contributed by atoms with Gasteiger partial charge in [-0.15, -0.1) is 0 Å². The maximum absolute atomic E-state index is 11.7.